The largest absolute Gasteiger partial charge is 0.496 e. The average molecular weight is 250 g/mol. The van der Waals surface area contributed by atoms with Gasteiger partial charge in [-0.3, -0.25) is 0 Å². The van der Waals surface area contributed by atoms with Crippen molar-refractivity contribution in [2.24, 2.45) is 16.9 Å². The van der Waals surface area contributed by atoms with Crippen molar-refractivity contribution in [1.29, 1.82) is 0 Å². The van der Waals surface area contributed by atoms with E-state index in [1.54, 1.807) is 7.11 Å². The van der Waals surface area contributed by atoms with E-state index in [9.17, 15) is 0 Å². The van der Waals surface area contributed by atoms with Crippen molar-refractivity contribution in [3.63, 3.8) is 0 Å². The Morgan fingerprint density at radius 1 is 1.44 bits per heavy atom. The van der Waals surface area contributed by atoms with Crippen molar-refractivity contribution >= 4 is 0 Å². The van der Waals surface area contributed by atoms with E-state index in [-0.39, 0.29) is 11.5 Å². The molecule has 0 bridgehead atoms. The van der Waals surface area contributed by atoms with Crippen LogP contribution in [-0.2, 0) is 11.2 Å². The van der Waals surface area contributed by atoms with Gasteiger partial charge >= 0.3 is 0 Å². The van der Waals surface area contributed by atoms with E-state index in [0.29, 0.717) is 19.8 Å². The fourth-order valence-electron chi connectivity index (χ4n) is 2.41. The second kappa shape index (κ2) is 5.26. The summed E-state index contributed by atoms with van der Waals surface area (Å²) in [6.07, 6.45) is 0.926. The minimum absolute atomic E-state index is 0.0764. The molecule has 0 saturated carbocycles. The van der Waals surface area contributed by atoms with E-state index in [4.69, 9.17) is 20.9 Å². The first-order chi connectivity index (χ1) is 8.66. The summed E-state index contributed by atoms with van der Waals surface area (Å²) in [6.45, 7) is 3.97. The van der Waals surface area contributed by atoms with Crippen LogP contribution in [0.3, 0.4) is 0 Å². The van der Waals surface area contributed by atoms with Crippen LogP contribution in [0.4, 0.5) is 0 Å². The van der Waals surface area contributed by atoms with Crippen molar-refractivity contribution < 1.29 is 9.47 Å². The summed E-state index contributed by atoms with van der Waals surface area (Å²) < 4.78 is 10.6. The maximum Gasteiger partial charge on any atom is 0.122 e. The number of hydrogen-bond donors (Lipinski definition) is 2. The third-order valence-corrected chi connectivity index (χ3v) is 3.89. The quantitative estimate of drug-likeness (QED) is 0.824. The summed E-state index contributed by atoms with van der Waals surface area (Å²) >= 11 is 0. The number of nitrogens with two attached hydrogens (primary N) is 2. The molecular formula is C14H22N2O2. The summed E-state index contributed by atoms with van der Waals surface area (Å²) in [5.74, 6) is 0.917. The van der Waals surface area contributed by atoms with Crippen molar-refractivity contribution in [3.05, 3.63) is 29.3 Å². The molecule has 18 heavy (non-hydrogen) atoms. The Morgan fingerprint density at radius 2 is 2.17 bits per heavy atom. The SMILES string of the molecule is CCc1cc(C(N)C2(CN)COC2)ccc1OC. The van der Waals surface area contributed by atoms with Crippen LogP contribution >= 0.6 is 0 Å². The highest BCUT2D eigenvalue weighted by molar-refractivity contribution is 5.39. The lowest BCUT2D eigenvalue weighted by Crippen LogP contribution is -2.54. The first-order valence-electron chi connectivity index (χ1n) is 6.37. The summed E-state index contributed by atoms with van der Waals surface area (Å²) in [5.41, 5.74) is 14.4. The second-order valence-corrected chi connectivity index (χ2v) is 4.96. The molecule has 1 saturated heterocycles. The Labute approximate surface area is 108 Å². The van der Waals surface area contributed by atoms with Gasteiger partial charge in [0, 0.05) is 18.0 Å². The molecule has 1 aliphatic heterocycles. The third kappa shape index (κ3) is 2.11. The summed E-state index contributed by atoms with van der Waals surface area (Å²) in [7, 11) is 1.69. The minimum Gasteiger partial charge on any atom is -0.496 e. The molecule has 1 aromatic carbocycles. The highest BCUT2D eigenvalue weighted by Crippen LogP contribution is 2.39. The standard InChI is InChI=1S/C14H22N2O2/c1-3-10-6-11(4-5-12(10)17-2)13(16)14(7-15)8-18-9-14/h4-6,13H,3,7-9,15-16H2,1-2H3. The molecule has 1 unspecified atom stereocenters. The minimum atomic E-state index is -0.0976. The van der Waals surface area contributed by atoms with E-state index in [0.717, 1.165) is 17.7 Å². The van der Waals surface area contributed by atoms with Gasteiger partial charge in [-0.25, -0.2) is 0 Å². The van der Waals surface area contributed by atoms with Crippen LogP contribution in [0.15, 0.2) is 18.2 Å². The summed E-state index contributed by atoms with van der Waals surface area (Å²) in [6, 6.07) is 6.06. The van der Waals surface area contributed by atoms with Gasteiger partial charge in [-0.2, -0.15) is 0 Å². The maximum absolute atomic E-state index is 6.36. The Hall–Kier alpha value is -1.10. The summed E-state index contributed by atoms with van der Waals surface area (Å²) in [4.78, 5) is 0. The zero-order chi connectivity index (χ0) is 13.2. The predicted molar refractivity (Wildman–Crippen MR) is 71.6 cm³/mol. The van der Waals surface area contributed by atoms with Gasteiger partial charge in [0.15, 0.2) is 0 Å². The highest BCUT2D eigenvalue weighted by Gasteiger charge is 2.43. The van der Waals surface area contributed by atoms with E-state index in [1.165, 1.54) is 5.56 Å². The van der Waals surface area contributed by atoms with Crippen LogP contribution in [-0.4, -0.2) is 26.9 Å². The molecular weight excluding hydrogens is 228 g/mol. The maximum atomic E-state index is 6.36. The lowest BCUT2D eigenvalue weighted by atomic mass is 9.75. The van der Waals surface area contributed by atoms with Gasteiger partial charge in [-0.1, -0.05) is 19.1 Å². The molecule has 0 aliphatic carbocycles. The Bertz CT molecular complexity index is 411. The number of benzene rings is 1. The molecule has 100 valence electrons. The van der Waals surface area contributed by atoms with Crippen LogP contribution < -0.4 is 16.2 Å². The lowest BCUT2D eigenvalue weighted by molar-refractivity contribution is -0.121. The Balaban J connectivity index is 2.28. The third-order valence-electron chi connectivity index (χ3n) is 3.89. The van der Waals surface area contributed by atoms with Crippen molar-refractivity contribution in [2.45, 2.75) is 19.4 Å². The van der Waals surface area contributed by atoms with E-state index in [2.05, 4.69) is 13.0 Å². The normalized spacial score (nSPS) is 19.1. The van der Waals surface area contributed by atoms with E-state index >= 15 is 0 Å². The van der Waals surface area contributed by atoms with Gasteiger partial charge in [-0.15, -0.1) is 0 Å². The second-order valence-electron chi connectivity index (χ2n) is 4.96. The van der Waals surface area contributed by atoms with Crippen molar-refractivity contribution in [1.82, 2.24) is 0 Å². The van der Waals surface area contributed by atoms with Crippen molar-refractivity contribution in [2.75, 3.05) is 26.9 Å². The molecule has 1 fully saturated rings. The van der Waals surface area contributed by atoms with E-state index < -0.39 is 0 Å². The molecule has 1 heterocycles. The molecule has 1 aromatic rings. The highest BCUT2D eigenvalue weighted by atomic mass is 16.5. The number of rotatable bonds is 5. The Morgan fingerprint density at radius 3 is 2.61 bits per heavy atom. The smallest absolute Gasteiger partial charge is 0.122 e. The molecule has 1 atom stereocenters. The van der Waals surface area contributed by atoms with Crippen LogP contribution in [0, 0.1) is 5.41 Å². The number of aryl methyl sites for hydroxylation is 1. The molecule has 0 aromatic heterocycles. The lowest BCUT2D eigenvalue weighted by Gasteiger charge is -2.45. The van der Waals surface area contributed by atoms with E-state index in [1.807, 2.05) is 12.1 Å². The first kappa shape index (κ1) is 13.3. The van der Waals surface area contributed by atoms with Crippen LogP contribution in [0.1, 0.15) is 24.1 Å². The molecule has 4 nitrogen and oxygen atoms in total. The molecule has 4 N–H and O–H groups in total. The average Bonchev–Trinajstić information content (AvgIpc) is 2.37. The Kier molecular flexibility index (Phi) is 3.90. The fourth-order valence-corrected chi connectivity index (χ4v) is 2.41. The first-order valence-corrected chi connectivity index (χ1v) is 6.37. The molecule has 1 aliphatic rings. The fraction of sp³-hybridized carbons (Fsp3) is 0.571. The van der Waals surface area contributed by atoms with Gasteiger partial charge in [-0.05, 0) is 23.6 Å². The summed E-state index contributed by atoms with van der Waals surface area (Å²) in [5, 5.41) is 0. The molecule has 0 amide bonds. The van der Waals surface area contributed by atoms with Crippen LogP contribution in [0.5, 0.6) is 5.75 Å². The van der Waals surface area contributed by atoms with Gasteiger partial charge < -0.3 is 20.9 Å². The number of ether oxygens (including phenoxy) is 2. The van der Waals surface area contributed by atoms with Gasteiger partial charge in [0.05, 0.1) is 20.3 Å². The van der Waals surface area contributed by atoms with Gasteiger partial charge in [0.25, 0.3) is 0 Å². The predicted octanol–water partition coefficient (Wildman–Crippen LogP) is 1.23. The monoisotopic (exact) mass is 250 g/mol. The topological polar surface area (TPSA) is 70.5 Å². The number of methoxy groups -OCH3 is 1. The van der Waals surface area contributed by atoms with Gasteiger partial charge in [0.2, 0.25) is 0 Å². The number of hydrogen-bond acceptors (Lipinski definition) is 4. The van der Waals surface area contributed by atoms with Gasteiger partial charge in [0.1, 0.15) is 5.75 Å². The molecule has 0 radical (unpaired) electrons. The van der Waals surface area contributed by atoms with Crippen LogP contribution in [0.25, 0.3) is 0 Å². The van der Waals surface area contributed by atoms with Crippen LogP contribution in [0.2, 0.25) is 0 Å². The van der Waals surface area contributed by atoms with Crippen molar-refractivity contribution in [3.8, 4) is 5.75 Å². The molecule has 2 rings (SSSR count). The molecule has 0 spiro atoms. The molecule has 4 heteroatoms. The zero-order valence-corrected chi connectivity index (χ0v) is 11.1. The zero-order valence-electron chi connectivity index (χ0n) is 11.1.